The van der Waals surface area contributed by atoms with E-state index in [0.29, 0.717) is 30.9 Å². The first-order valence-electron chi connectivity index (χ1n) is 9.94. The number of aromatic nitrogens is 2. The summed E-state index contributed by atoms with van der Waals surface area (Å²) in [5.74, 6) is -1.51. The van der Waals surface area contributed by atoms with Gasteiger partial charge in [0, 0.05) is 25.3 Å². The smallest absolute Gasteiger partial charge is 0.313 e. The highest BCUT2D eigenvalue weighted by Crippen LogP contribution is 2.24. The zero-order chi connectivity index (χ0) is 20.8. The lowest BCUT2D eigenvalue weighted by Crippen LogP contribution is -2.57. The van der Waals surface area contributed by atoms with E-state index in [1.807, 2.05) is 38.1 Å². The Kier molecular flexibility index (Phi) is 6.64. The molecular weight excluding hydrogens is 370 g/mol. The summed E-state index contributed by atoms with van der Waals surface area (Å²) in [6.45, 7) is 5.48. The van der Waals surface area contributed by atoms with E-state index in [1.165, 1.54) is 4.90 Å². The number of rotatable bonds is 8. The number of piperazine rings is 1. The van der Waals surface area contributed by atoms with E-state index in [2.05, 4.69) is 15.5 Å². The number of benzene rings is 1. The number of nitrogens with one attached hydrogen (secondary N) is 2. The van der Waals surface area contributed by atoms with Crippen LogP contribution in [-0.4, -0.2) is 57.4 Å². The van der Waals surface area contributed by atoms with Crippen molar-refractivity contribution in [3.05, 3.63) is 53.3 Å². The van der Waals surface area contributed by atoms with Crippen molar-refractivity contribution in [2.24, 2.45) is 0 Å². The van der Waals surface area contributed by atoms with E-state index in [4.69, 9.17) is 0 Å². The van der Waals surface area contributed by atoms with Gasteiger partial charge in [-0.05, 0) is 25.0 Å². The van der Waals surface area contributed by atoms with Crippen molar-refractivity contribution in [3.8, 4) is 0 Å². The SMILES string of the molecule is CCCCN1CCN(C(C(=O)NCc2cc(C)[nH]n2)c2ccccc2)C(=O)C1=O. The minimum Gasteiger partial charge on any atom is -0.348 e. The second-order valence-corrected chi connectivity index (χ2v) is 7.22. The molecule has 0 spiro atoms. The first kappa shape index (κ1) is 20.6. The molecule has 2 N–H and O–H groups in total. The second kappa shape index (κ2) is 9.36. The molecule has 3 rings (SSSR count). The highest BCUT2D eigenvalue weighted by Gasteiger charge is 2.39. The van der Waals surface area contributed by atoms with Gasteiger partial charge in [-0.2, -0.15) is 5.10 Å². The Morgan fingerprint density at radius 2 is 1.97 bits per heavy atom. The number of hydrogen-bond donors (Lipinski definition) is 2. The molecule has 29 heavy (non-hydrogen) atoms. The summed E-state index contributed by atoms with van der Waals surface area (Å²) in [6, 6.07) is 10.1. The number of amides is 3. The van der Waals surface area contributed by atoms with E-state index in [9.17, 15) is 14.4 Å². The molecule has 1 aromatic carbocycles. The van der Waals surface area contributed by atoms with Crippen LogP contribution in [0.4, 0.5) is 0 Å². The molecule has 0 aliphatic carbocycles. The zero-order valence-corrected chi connectivity index (χ0v) is 16.9. The molecule has 0 saturated carbocycles. The van der Waals surface area contributed by atoms with Crippen LogP contribution in [0.15, 0.2) is 36.4 Å². The van der Waals surface area contributed by atoms with Crippen LogP contribution >= 0.6 is 0 Å². The van der Waals surface area contributed by atoms with Crippen LogP contribution in [0, 0.1) is 6.92 Å². The van der Waals surface area contributed by atoms with Gasteiger partial charge < -0.3 is 15.1 Å². The Hall–Kier alpha value is -3.16. The van der Waals surface area contributed by atoms with Crippen LogP contribution in [0.1, 0.15) is 42.8 Å². The van der Waals surface area contributed by atoms with Gasteiger partial charge in [-0.15, -0.1) is 0 Å². The van der Waals surface area contributed by atoms with Crippen molar-refractivity contribution < 1.29 is 14.4 Å². The number of aromatic amines is 1. The van der Waals surface area contributed by atoms with Gasteiger partial charge in [-0.1, -0.05) is 43.7 Å². The topological polar surface area (TPSA) is 98.4 Å². The lowest BCUT2D eigenvalue weighted by atomic mass is 10.0. The fraction of sp³-hybridized carbons (Fsp3) is 0.429. The van der Waals surface area contributed by atoms with Crippen LogP contribution < -0.4 is 5.32 Å². The predicted octanol–water partition coefficient (Wildman–Crippen LogP) is 1.55. The molecule has 0 radical (unpaired) electrons. The molecule has 1 aromatic heterocycles. The Balaban J connectivity index is 1.78. The Morgan fingerprint density at radius 1 is 1.21 bits per heavy atom. The number of hydrogen-bond acceptors (Lipinski definition) is 4. The minimum absolute atomic E-state index is 0.241. The van der Waals surface area contributed by atoms with E-state index < -0.39 is 17.9 Å². The van der Waals surface area contributed by atoms with Gasteiger partial charge in [-0.3, -0.25) is 19.5 Å². The number of carbonyl (C=O) groups is 3. The lowest BCUT2D eigenvalue weighted by Gasteiger charge is -2.38. The first-order chi connectivity index (χ1) is 14.0. The van der Waals surface area contributed by atoms with Gasteiger partial charge >= 0.3 is 11.8 Å². The molecule has 0 bridgehead atoms. The summed E-state index contributed by atoms with van der Waals surface area (Å²) in [7, 11) is 0. The molecule has 1 unspecified atom stereocenters. The van der Waals surface area contributed by atoms with Crippen molar-refractivity contribution in [3.63, 3.8) is 0 Å². The summed E-state index contributed by atoms with van der Waals surface area (Å²) in [5, 5.41) is 9.80. The lowest BCUT2D eigenvalue weighted by molar-refractivity contribution is -0.159. The van der Waals surface area contributed by atoms with Gasteiger partial charge in [0.05, 0.1) is 12.2 Å². The maximum atomic E-state index is 13.1. The van der Waals surface area contributed by atoms with E-state index in [0.717, 1.165) is 18.5 Å². The fourth-order valence-electron chi connectivity index (χ4n) is 3.45. The Labute approximate surface area is 170 Å². The summed E-state index contributed by atoms with van der Waals surface area (Å²) in [4.78, 5) is 41.4. The fourth-order valence-corrected chi connectivity index (χ4v) is 3.45. The Morgan fingerprint density at radius 3 is 2.62 bits per heavy atom. The molecule has 8 nitrogen and oxygen atoms in total. The molecule has 2 heterocycles. The van der Waals surface area contributed by atoms with Gasteiger partial charge in [0.15, 0.2) is 0 Å². The van der Waals surface area contributed by atoms with Crippen LogP contribution in [-0.2, 0) is 20.9 Å². The van der Waals surface area contributed by atoms with Crippen LogP contribution in [0.25, 0.3) is 0 Å². The van der Waals surface area contributed by atoms with Gasteiger partial charge in [0.2, 0.25) is 5.91 Å². The maximum Gasteiger partial charge on any atom is 0.313 e. The highest BCUT2D eigenvalue weighted by atomic mass is 16.2. The molecule has 1 aliphatic rings. The molecule has 8 heteroatoms. The molecule has 1 aliphatic heterocycles. The van der Waals surface area contributed by atoms with Crippen LogP contribution in [0.3, 0.4) is 0 Å². The number of H-pyrrole nitrogens is 1. The average molecular weight is 397 g/mol. The number of carbonyl (C=O) groups excluding carboxylic acids is 3. The summed E-state index contributed by atoms with van der Waals surface area (Å²) in [5.41, 5.74) is 2.28. The molecule has 1 saturated heterocycles. The number of aryl methyl sites for hydroxylation is 1. The summed E-state index contributed by atoms with van der Waals surface area (Å²) >= 11 is 0. The number of unbranched alkanes of at least 4 members (excludes halogenated alkanes) is 1. The average Bonchev–Trinajstić information content (AvgIpc) is 3.15. The summed E-state index contributed by atoms with van der Waals surface area (Å²) in [6.07, 6.45) is 1.80. The van der Waals surface area contributed by atoms with E-state index >= 15 is 0 Å². The first-order valence-corrected chi connectivity index (χ1v) is 9.94. The predicted molar refractivity (Wildman–Crippen MR) is 108 cm³/mol. The molecule has 3 amide bonds. The number of nitrogens with zero attached hydrogens (tertiary/aromatic N) is 3. The monoisotopic (exact) mass is 397 g/mol. The highest BCUT2D eigenvalue weighted by molar-refractivity contribution is 6.35. The van der Waals surface area contributed by atoms with Gasteiger partial charge in [0.25, 0.3) is 0 Å². The molecular formula is C21H27N5O3. The maximum absolute atomic E-state index is 13.1. The van der Waals surface area contributed by atoms with Crippen molar-refractivity contribution in [1.82, 2.24) is 25.3 Å². The van der Waals surface area contributed by atoms with Gasteiger partial charge in [0.1, 0.15) is 6.04 Å². The standard InChI is InChI=1S/C21H27N5O3/c1-3-4-10-25-11-12-26(21(29)20(25)28)18(16-8-6-5-7-9-16)19(27)22-14-17-13-15(2)23-24-17/h5-9,13,18H,3-4,10-12,14H2,1-2H3,(H,22,27)(H,23,24). The van der Waals surface area contributed by atoms with Crippen molar-refractivity contribution in [1.29, 1.82) is 0 Å². The van der Waals surface area contributed by atoms with Crippen LogP contribution in [0.5, 0.6) is 0 Å². The third-order valence-corrected chi connectivity index (χ3v) is 5.00. The van der Waals surface area contributed by atoms with E-state index in [-0.39, 0.29) is 12.5 Å². The van der Waals surface area contributed by atoms with Crippen molar-refractivity contribution in [2.45, 2.75) is 39.3 Å². The largest absolute Gasteiger partial charge is 0.348 e. The second-order valence-electron chi connectivity index (χ2n) is 7.22. The van der Waals surface area contributed by atoms with Crippen molar-refractivity contribution in [2.75, 3.05) is 19.6 Å². The third-order valence-electron chi connectivity index (χ3n) is 5.00. The minimum atomic E-state index is -0.860. The Bertz CT molecular complexity index is 864. The van der Waals surface area contributed by atoms with Gasteiger partial charge in [-0.25, -0.2) is 0 Å². The molecule has 154 valence electrons. The molecule has 1 atom stereocenters. The van der Waals surface area contributed by atoms with E-state index in [1.54, 1.807) is 17.0 Å². The van der Waals surface area contributed by atoms with Crippen LogP contribution in [0.2, 0.25) is 0 Å². The molecule has 2 aromatic rings. The zero-order valence-electron chi connectivity index (χ0n) is 16.9. The quantitative estimate of drug-likeness (QED) is 0.660. The molecule has 1 fully saturated rings. The normalized spacial score (nSPS) is 15.5. The summed E-state index contributed by atoms with van der Waals surface area (Å²) < 4.78 is 0. The van der Waals surface area contributed by atoms with Crippen molar-refractivity contribution >= 4 is 17.7 Å². The third kappa shape index (κ3) is 4.82.